The van der Waals surface area contributed by atoms with Crippen LogP contribution in [-0.2, 0) is 22.7 Å². The van der Waals surface area contributed by atoms with Gasteiger partial charge in [-0.2, -0.15) is 0 Å². The third kappa shape index (κ3) is 3.60. The van der Waals surface area contributed by atoms with Crippen LogP contribution in [0.4, 0.5) is 11.4 Å². The molecule has 5 aromatic carbocycles. The van der Waals surface area contributed by atoms with Gasteiger partial charge in [-0.3, -0.25) is 4.57 Å². The Hall–Kier alpha value is -5.55. The van der Waals surface area contributed by atoms with Crippen LogP contribution in [0.5, 0.6) is 11.5 Å². The minimum absolute atomic E-state index is 0.0426. The van der Waals surface area contributed by atoms with Crippen molar-refractivity contribution in [3.63, 3.8) is 0 Å². The summed E-state index contributed by atoms with van der Waals surface area (Å²) in [6, 6.07) is 32.0. The monoisotopic (exact) mass is 739 g/mol. The van der Waals surface area contributed by atoms with Gasteiger partial charge in [0.05, 0.1) is 27.8 Å². The van der Waals surface area contributed by atoms with Crippen molar-refractivity contribution in [3.05, 3.63) is 154 Å². The normalized spacial score (nSPS) is 24.0. The summed E-state index contributed by atoms with van der Waals surface area (Å²) in [5, 5.41) is 0. The van der Waals surface area contributed by atoms with E-state index in [1.54, 1.807) is 11.1 Å². The molecule has 13 rings (SSSR count). The second-order valence-corrected chi connectivity index (χ2v) is 19.5. The summed E-state index contributed by atoms with van der Waals surface area (Å²) in [6.45, 7) is 19.0. The van der Waals surface area contributed by atoms with Crippen molar-refractivity contribution >= 4 is 40.0 Å². The molecule has 1 saturated carbocycles. The Morgan fingerprint density at radius 1 is 0.877 bits per heavy atom. The zero-order valence-corrected chi connectivity index (χ0v) is 33.8. The number of ether oxygens (including phenoxy) is 1. The molecule has 0 N–H and O–H groups in total. The topological polar surface area (TPSA) is 30.3 Å². The van der Waals surface area contributed by atoms with Crippen LogP contribution in [0.15, 0.2) is 120 Å². The second kappa shape index (κ2) is 10.3. The lowest BCUT2D eigenvalue weighted by atomic mass is 9.31. The summed E-state index contributed by atoms with van der Waals surface area (Å²) in [7, 11) is 0. The van der Waals surface area contributed by atoms with Crippen molar-refractivity contribution in [1.29, 1.82) is 0 Å². The van der Waals surface area contributed by atoms with Gasteiger partial charge in [0.25, 0.3) is 0 Å². The minimum atomic E-state index is -0.559. The van der Waals surface area contributed by atoms with E-state index in [2.05, 4.69) is 149 Å². The molecule has 1 fully saturated rings. The van der Waals surface area contributed by atoms with Crippen LogP contribution >= 0.6 is 0 Å². The van der Waals surface area contributed by atoms with Gasteiger partial charge in [-0.25, -0.2) is 4.98 Å². The highest BCUT2D eigenvalue weighted by atomic mass is 16.5. The number of allylic oxidation sites excluding steroid dienone is 4. The van der Waals surface area contributed by atoms with Crippen LogP contribution in [-0.4, -0.2) is 16.3 Å². The SMILES string of the molecule is C=C/C=C1\C2=C(C)B3c4c(ccc5c4N2c2c(cccc2C12c1ccccc1-c1ccccc12)O5)-n1c(C(C)(C)C)nc2cc4c(c3c21)CC1CC4(C)CCC1C. The molecule has 3 unspecified atom stereocenters. The smallest absolute Gasteiger partial charge is 0.247 e. The quantitative estimate of drug-likeness (QED) is 0.157. The first kappa shape index (κ1) is 32.5. The maximum Gasteiger partial charge on any atom is 0.247 e. The Balaban J connectivity index is 1.22. The van der Waals surface area contributed by atoms with Crippen LogP contribution in [0.1, 0.15) is 94.4 Å². The molecule has 6 aromatic rings. The maximum atomic E-state index is 7.18. The molecule has 2 bridgehead atoms. The van der Waals surface area contributed by atoms with Gasteiger partial charge in [-0.15, -0.1) is 0 Å². The van der Waals surface area contributed by atoms with Gasteiger partial charge >= 0.3 is 0 Å². The Kier molecular flexibility index (Phi) is 5.88. The molecule has 7 aliphatic rings. The highest BCUT2D eigenvalue weighted by molar-refractivity contribution is 6.95. The fourth-order valence-electron chi connectivity index (χ4n) is 13.2. The van der Waals surface area contributed by atoms with Crippen molar-refractivity contribution in [1.82, 2.24) is 9.55 Å². The van der Waals surface area contributed by atoms with E-state index in [-0.39, 0.29) is 17.5 Å². The summed E-state index contributed by atoms with van der Waals surface area (Å²) >= 11 is 0. The van der Waals surface area contributed by atoms with E-state index in [0.29, 0.717) is 5.92 Å². The predicted molar refractivity (Wildman–Crippen MR) is 234 cm³/mol. The van der Waals surface area contributed by atoms with Gasteiger partial charge in [-0.05, 0) is 130 Å². The van der Waals surface area contributed by atoms with Crippen molar-refractivity contribution in [2.45, 2.75) is 83.5 Å². The van der Waals surface area contributed by atoms with Crippen LogP contribution < -0.4 is 20.6 Å². The molecule has 3 atom stereocenters. The zero-order valence-electron chi connectivity index (χ0n) is 33.8. The van der Waals surface area contributed by atoms with Crippen molar-refractivity contribution in [2.75, 3.05) is 4.90 Å². The molecule has 0 saturated heterocycles. The molecule has 5 heterocycles. The number of anilines is 2. The molecule has 3 aliphatic carbocycles. The second-order valence-electron chi connectivity index (χ2n) is 19.5. The lowest BCUT2D eigenvalue weighted by Crippen LogP contribution is -2.59. The minimum Gasteiger partial charge on any atom is -0.453 e. The molecule has 4 nitrogen and oxygen atoms in total. The highest BCUT2D eigenvalue weighted by Crippen LogP contribution is 2.68. The third-order valence-corrected chi connectivity index (χ3v) is 15.5. The first-order chi connectivity index (χ1) is 27.6. The van der Waals surface area contributed by atoms with E-state index in [1.165, 1.54) is 91.6 Å². The number of nitrogens with zero attached hydrogens (tertiary/aromatic N) is 3. The largest absolute Gasteiger partial charge is 0.453 e. The lowest BCUT2D eigenvalue weighted by Gasteiger charge is -2.53. The summed E-state index contributed by atoms with van der Waals surface area (Å²) in [4.78, 5) is 8.26. The van der Waals surface area contributed by atoms with E-state index in [4.69, 9.17) is 9.72 Å². The number of fused-ring (bicyclic) bond motifs is 13. The van der Waals surface area contributed by atoms with Gasteiger partial charge in [0.1, 0.15) is 5.82 Å². The number of aromatic nitrogens is 2. The van der Waals surface area contributed by atoms with Gasteiger partial charge in [0.2, 0.25) is 6.71 Å². The van der Waals surface area contributed by atoms with E-state index < -0.39 is 5.41 Å². The molecule has 4 aliphatic heterocycles. The molecular weight excluding hydrogens is 693 g/mol. The Labute approximate surface area is 335 Å². The van der Waals surface area contributed by atoms with Gasteiger partial charge in [0, 0.05) is 16.8 Å². The fraction of sp³-hybridized carbons (Fsp3) is 0.288. The van der Waals surface area contributed by atoms with Gasteiger partial charge < -0.3 is 9.64 Å². The van der Waals surface area contributed by atoms with Crippen LogP contribution in [0.25, 0.3) is 27.8 Å². The predicted octanol–water partition coefficient (Wildman–Crippen LogP) is 11.0. The molecular formula is C52H46BN3O. The Morgan fingerprint density at radius 2 is 1.60 bits per heavy atom. The number of rotatable bonds is 1. The maximum absolute atomic E-state index is 7.18. The van der Waals surface area contributed by atoms with Crippen molar-refractivity contribution in [2.24, 2.45) is 11.8 Å². The zero-order chi connectivity index (χ0) is 38.5. The Bertz CT molecular complexity index is 2930. The molecule has 57 heavy (non-hydrogen) atoms. The molecule has 5 heteroatoms. The van der Waals surface area contributed by atoms with E-state index in [9.17, 15) is 0 Å². The summed E-state index contributed by atoms with van der Waals surface area (Å²) < 4.78 is 9.75. The summed E-state index contributed by atoms with van der Waals surface area (Å²) in [6.07, 6.45) is 9.30. The van der Waals surface area contributed by atoms with E-state index in [1.807, 2.05) is 6.08 Å². The lowest BCUT2D eigenvalue weighted by molar-refractivity contribution is 0.155. The third-order valence-electron chi connectivity index (χ3n) is 15.5. The van der Waals surface area contributed by atoms with Crippen molar-refractivity contribution < 1.29 is 4.74 Å². The van der Waals surface area contributed by atoms with Crippen LogP contribution in [0.3, 0.4) is 0 Å². The molecule has 278 valence electrons. The molecule has 1 spiro atoms. The fourth-order valence-corrected chi connectivity index (χ4v) is 13.2. The molecule has 0 radical (unpaired) electrons. The summed E-state index contributed by atoms with van der Waals surface area (Å²) in [5.41, 5.74) is 21.9. The van der Waals surface area contributed by atoms with Crippen molar-refractivity contribution in [3.8, 4) is 28.3 Å². The van der Waals surface area contributed by atoms with E-state index >= 15 is 0 Å². The average Bonchev–Trinajstić information content (AvgIpc) is 3.74. The highest BCUT2D eigenvalue weighted by Gasteiger charge is 2.59. The Morgan fingerprint density at radius 3 is 2.33 bits per heavy atom. The molecule has 1 aromatic heterocycles. The van der Waals surface area contributed by atoms with Gasteiger partial charge in [-0.1, -0.05) is 119 Å². The number of hydrogen-bond acceptors (Lipinski definition) is 3. The first-order valence-electron chi connectivity index (χ1n) is 21.2. The van der Waals surface area contributed by atoms with E-state index in [0.717, 1.165) is 40.9 Å². The van der Waals surface area contributed by atoms with Gasteiger partial charge in [0.15, 0.2) is 11.5 Å². The number of benzene rings is 5. The number of imidazole rings is 1. The number of para-hydroxylation sites is 1. The van der Waals surface area contributed by atoms with Crippen LogP contribution in [0, 0.1) is 11.8 Å². The first-order valence-corrected chi connectivity index (χ1v) is 21.2. The average molecular weight is 740 g/mol. The van der Waals surface area contributed by atoms with Crippen LogP contribution in [0.2, 0.25) is 0 Å². The number of hydrogen-bond donors (Lipinski definition) is 0. The molecule has 0 amide bonds. The standard InChI is InChI=1S/C52H46BN3O/c1-8-14-36-45-29(3)53-43-33-25-30-27-51(7,24-23-28(30)2)38(33)26-39-47(43)55(49(54-39)50(4,5)6)40-21-22-42-48(44(40)53)56(45)46-37(19-13-20-41(46)57-42)52(36)34-17-11-9-15-31(34)32-16-10-12-18-35(32)52/h8-22,26,28,30H,1,23-25,27H2,2-7H3/b36-14+. The summed E-state index contributed by atoms with van der Waals surface area (Å²) in [5.74, 6) is 4.37.